The lowest BCUT2D eigenvalue weighted by Crippen LogP contribution is -2.15. The van der Waals surface area contributed by atoms with Crippen LogP contribution < -0.4 is 0 Å². The van der Waals surface area contributed by atoms with E-state index in [0.717, 1.165) is 0 Å². The summed E-state index contributed by atoms with van der Waals surface area (Å²) in [6.45, 7) is 7.30. The van der Waals surface area contributed by atoms with E-state index in [1.54, 1.807) is 30.3 Å². The summed E-state index contributed by atoms with van der Waals surface area (Å²) in [6.07, 6.45) is 2.75. The van der Waals surface area contributed by atoms with Crippen molar-refractivity contribution in [1.29, 1.82) is 0 Å². The Bertz CT molecular complexity index is 1030. The zero-order valence-corrected chi connectivity index (χ0v) is 17.7. The highest BCUT2D eigenvalue weighted by Gasteiger charge is 2.23. The molecule has 1 aromatic carbocycles. The summed E-state index contributed by atoms with van der Waals surface area (Å²) in [5.74, 6) is -0.777. The number of nitrogens with zero attached hydrogens (tertiary/aromatic N) is 3. The fourth-order valence-corrected chi connectivity index (χ4v) is 2.57. The van der Waals surface area contributed by atoms with Crippen molar-refractivity contribution in [2.75, 3.05) is 20.8 Å². The van der Waals surface area contributed by atoms with Crippen molar-refractivity contribution in [2.45, 2.75) is 13.8 Å². The highest BCUT2D eigenvalue weighted by atomic mass is 16.7. The number of carbonyl (C=O) groups excluding carboxylic acids is 2. The summed E-state index contributed by atoms with van der Waals surface area (Å²) < 4.78 is 15.3. The second-order valence-corrected chi connectivity index (χ2v) is 5.95. The van der Waals surface area contributed by atoms with Gasteiger partial charge in [0.15, 0.2) is 11.5 Å². The number of ether oxygens (including phenoxy) is 3. The minimum absolute atomic E-state index is 0.114. The largest absolute Gasteiger partial charge is 0.503 e. The normalized spacial score (nSPS) is 11.5. The van der Waals surface area contributed by atoms with Gasteiger partial charge in [-0.25, -0.2) is 19.6 Å². The highest BCUT2D eigenvalue weighted by molar-refractivity contribution is 6.21. The first-order valence-electron chi connectivity index (χ1n) is 9.25. The van der Waals surface area contributed by atoms with Gasteiger partial charge < -0.3 is 19.0 Å². The maximum Gasteiger partial charge on any atom is 0.341 e. The molecule has 0 fully saturated rings. The molecule has 0 aliphatic carbocycles. The molecule has 0 unspecified atom stereocenters. The molecule has 31 heavy (non-hydrogen) atoms. The molecule has 1 heterocycles. The molecule has 0 radical (unpaired) electrons. The fourth-order valence-electron chi connectivity index (χ4n) is 2.57. The van der Waals surface area contributed by atoms with E-state index in [1.165, 1.54) is 33.6 Å². The van der Waals surface area contributed by atoms with Gasteiger partial charge in [0.05, 0.1) is 27.1 Å². The van der Waals surface area contributed by atoms with Gasteiger partial charge in [-0.15, -0.1) is 0 Å². The highest BCUT2D eigenvalue weighted by Crippen LogP contribution is 2.24. The van der Waals surface area contributed by atoms with E-state index < -0.39 is 11.9 Å². The van der Waals surface area contributed by atoms with E-state index in [4.69, 9.17) is 19.0 Å². The third-order valence-corrected chi connectivity index (χ3v) is 3.85. The maximum absolute atomic E-state index is 12.3. The van der Waals surface area contributed by atoms with Crippen LogP contribution in [-0.4, -0.2) is 48.4 Å². The van der Waals surface area contributed by atoms with Crippen LogP contribution in [0, 0.1) is 0 Å². The van der Waals surface area contributed by atoms with Crippen molar-refractivity contribution >= 4 is 29.0 Å². The molecule has 2 rings (SSSR count). The van der Waals surface area contributed by atoms with Gasteiger partial charge in [-0.1, -0.05) is 36.0 Å². The van der Waals surface area contributed by atoms with Crippen LogP contribution in [0.4, 0.5) is 0 Å². The van der Waals surface area contributed by atoms with Crippen molar-refractivity contribution in [3.8, 4) is 0 Å². The Morgan fingerprint density at radius 1 is 1.16 bits per heavy atom. The monoisotopic (exact) mass is 425 g/mol. The lowest BCUT2D eigenvalue weighted by molar-refractivity contribution is -0.141. The number of methoxy groups -OCH3 is 2. The summed E-state index contributed by atoms with van der Waals surface area (Å²) in [6, 6.07) is 8.43. The molecular weight excluding hydrogens is 402 g/mol. The summed E-state index contributed by atoms with van der Waals surface area (Å²) in [4.78, 5) is 37.4. The van der Waals surface area contributed by atoms with E-state index in [0.29, 0.717) is 29.2 Å². The topological polar surface area (TPSA) is 109 Å². The molecule has 0 atom stereocenters. The first-order valence-corrected chi connectivity index (χ1v) is 9.25. The van der Waals surface area contributed by atoms with E-state index >= 15 is 0 Å². The van der Waals surface area contributed by atoms with Crippen LogP contribution in [0.2, 0.25) is 0 Å². The van der Waals surface area contributed by atoms with Crippen molar-refractivity contribution in [3.05, 3.63) is 72.0 Å². The predicted molar refractivity (Wildman–Crippen MR) is 114 cm³/mol. The molecule has 1 aromatic heterocycles. The lowest BCUT2D eigenvalue weighted by atomic mass is 9.96. The summed E-state index contributed by atoms with van der Waals surface area (Å²) in [7, 11) is 2.67. The molecule has 9 heteroatoms. The maximum atomic E-state index is 12.3. The van der Waals surface area contributed by atoms with Crippen LogP contribution in [0.5, 0.6) is 0 Å². The molecule has 0 amide bonds. The molecule has 2 aromatic rings. The Morgan fingerprint density at radius 2 is 1.87 bits per heavy atom. The molecule has 162 valence electrons. The first kappa shape index (κ1) is 23.3. The molecule has 9 nitrogen and oxygen atoms in total. The number of carbonyl (C=O) groups is 2. The Hall–Kier alpha value is -4.01. The number of aromatic nitrogens is 2. The van der Waals surface area contributed by atoms with Crippen LogP contribution >= 0.6 is 0 Å². The molecule has 0 saturated heterocycles. The third kappa shape index (κ3) is 5.99. The van der Waals surface area contributed by atoms with Gasteiger partial charge in [0.25, 0.3) is 0 Å². The molecule has 0 N–H and O–H groups in total. The number of rotatable bonds is 9. The van der Waals surface area contributed by atoms with Gasteiger partial charge in [0.2, 0.25) is 0 Å². The van der Waals surface area contributed by atoms with Crippen molar-refractivity contribution in [2.24, 2.45) is 5.16 Å². The zero-order valence-electron chi connectivity index (χ0n) is 17.7. The predicted octanol–water partition coefficient (Wildman–Crippen LogP) is 2.96. The Labute approximate surface area is 180 Å². The molecule has 0 aliphatic heterocycles. The summed E-state index contributed by atoms with van der Waals surface area (Å²) in [5.41, 5.74) is 1.51. The minimum Gasteiger partial charge on any atom is -0.503 e. The number of oxime groups is 1. The zero-order chi connectivity index (χ0) is 22.8. The van der Waals surface area contributed by atoms with Crippen LogP contribution in [0.1, 0.15) is 36.5 Å². The van der Waals surface area contributed by atoms with Crippen molar-refractivity contribution < 1.29 is 28.6 Å². The smallest absolute Gasteiger partial charge is 0.341 e. The summed E-state index contributed by atoms with van der Waals surface area (Å²) in [5, 5.41) is 3.95. The Balaban J connectivity index is 2.70. The van der Waals surface area contributed by atoms with E-state index in [9.17, 15) is 9.59 Å². The van der Waals surface area contributed by atoms with Gasteiger partial charge in [0.1, 0.15) is 17.0 Å². The Kier molecular flexibility index (Phi) is 8.44. The van der Waals surface area contributed by atoms with E-state index in [1.807, 2.05) is 6.92 Å². The van der Waals surface area contributed by atoms with Gasteiger partial charge in [0, 0.05) is 24.2 Å². The second kappa shape index (κ2) is 11.2. The molecule has 0 spiro atoms. The number of benzene rings is 1. The SMILES string of the molecule is C=C(OCC)c1ccnc(C(=NOC(C)=O)c2ccccc2C(=COC)C(=O)OC)n1. The third-order valence-electron chi connectivity index (χ3n) is 3.85. The van der Waals surface area contributed by atoms with Crippen LogP contribution in [0.25, 0.3) is 11.3 Å². The van der Waals surface area contributed by atoms with Crippen molar-refractivity contribution in [3.63, 3.8) is 0 Å². The Morgan fingerprint density at radius 3 is 2.48 bits per heavy atom. The standard InChI is InChI=1S/C22H23N3O6/c1-6-30-14(2)19-11-12-23-21(24-19)20(25-31-15(3)26)17-10-8-7-9-16(17)18(13-28-4)22(27)29-5/h7-13H,2,6H2,1,3-5H3. The lowest BCUT2D eigenvalue weighted by Gasteiger charge is -2.13. The van der Waals surface area contributed by atoms with Crippen LogP contribution in [0.15, 0.2) is 54.5 Å². The first-order chi connectivity index (χ1) is 14.9. The van der Waals surface area contributed by atoms with Crippen LogP contribution in [-0.2, 0) is 28.6 Å². The molecule has 0 aliphatic rings. The van der Waals surface area contributed by atoms with Crippen molar-refractivity contribution in [1.82, 2.24) is 9.97 Å². The van der Waals surface area contributed by atoms with Crippen LogP contribution in [0.3, 0.4) is 0 Å². The molecule has 0 saturated carbocycles. The minimum atomic E-state index is -0.634. The quantitative estimate of drug-likeness (QED) is 0.151. The average Bonchev–Trinajstić information content (AvgIpc) is 2.77. The average molecular weight is 425 g/mol. The number of hydrogen-bond acceptors (Lipinski definition) is 9. The van der Waals surface area contributed by atoms with E-state index in [-0.39, 0.29) is 17.1 Å². The van der Waals surface area contributed by atoms with Gasteiger partial charge >= 0.3 is 11.9 Å². The van der Waals surface area contributed by atoms with E-state index in [2.05, 4.69) is 21.7 Å². The molecular formula is C22H23N3O6. The van der Waals surface area contributed by atoms with Gasteiger partial charge in [-0.05, 0) is 13.0 Å². The summed E-state index contributed by atoms with van der Waals surface area (Å²) >= 11 is 0. The second-order valence-electron chi connectivity index (χ2n) is 5.95. The molecule has 0 bridgehead atoms. The number of hydrogen-bond donors (Lipinski definition) is 0. The van der Waals surface area contributed by atoms with Gasteiger partial charge in [-0.3, -0.25) is 0 Å². The van der Waals surface area contributed by atoms with Gasteiger partial charge in [-0.2, -0.15) is 0 Å². The fraction of sp³-hybridized carbons (Fsp3) is 0.227. The number of esters is 1.